The van der Waals surface area contributed by atoms with Crippen LogP contribution in [0.2, 0.25) is 0 Å². The monoisotopic (exact) mass is 567 g/mol. The lowest BCUT2D eigenvalue weighted by Crippen LogP contribution is -2.48. The molecule has 5 rings (SSSR count). The van der Waals surface area contributed by atoms with E-state index in [9.17, 15) is 9.59 Å². The third-order valence-corrected chi connectivity index (χ3v) is 6.82. The van der Waals surface area contributed by atoms with Gasteiger partial charge in [0.1, 0.15) is 29.3 Å². The van der Waals surface area contributed by atoms with Crippen LogP contribution in [0, 0.1) is 6.92 Å². The van der Waals surface area contributed by atoms with Crippen molar-refractivity contribution >= 4 is 17.8 Å². The van der Waals surface area contributed by atoms with Crippen molar-refractivity contribution in [2.75, 3.05) is 18.4 Å². The minimum atomic E-state index is -0.545. The maximum atomic E-state index is 13.3. The Labute approximate surface area is 246 Å². The first kappa shape index (κ1) is 28.9. The van der Waals surface area contributed by atoms with Crippen molar-refractivity contribution in [3.63, 3.8) is 0 Å². The number of nitrogens with one attached hydrogen (secondary N) is 2. The molecule has 1 aliphatic heterocycles. The summed E-state index contributed by atoms with van der Waals surface area (Å²) >= 11 is 0. The fraction of sp³-hybridized carbons (Fsp3) is 0.344. The summed E-state index contributed by atoms with van der Waals surface area (Å²) in [7, 11) is 0. The fourth-order valence-electron chi connectivity index (χ4n) is 5.00. The maximum Gasteiger partial charge on any atom is 0.407 e. The van der Waals surface area contributed by atoms with Crippen molar-refractivity contribution in [2.45, 2.75) is 58.7 Å². The van der Waals surface area contributed by atoms with E-state index in [1.165, 1.54) is 0 Å². The number of hydrogen-bond acceptors (Lipinski definition) is 7. The third-order valence-electron chi connectivity index (χ3n) is 6.82. The smallest absolute Gasteiger partial charge is 0.407 e. The number of piperidine rings is 1. The van der Waals surface area contributed by atoms with Crippen molar-refractivity contribution in [2.24, 2.45) is 0 Å². The molecule has 10 nitrogen and oxygen atoms in total. The number of aryl methyl sites for hydroxylation is 1. The Morgan fingerprint density at radius 3 is 2.60 bits per heavy atom. The summed E-state index contributed by atoms with van der Waals surface area (Å²) in [5.74, 6) is 0.728. The SMILES string of the molecule is Cc1cn(-c2cc(CN3CCC[C@H](NC(=O)OC(C)(C)C)C3)cc(NC(=O)c3cc(-c4ccccc4)ccn3)n2)cn1. The lowest BCUT2D eigenvalue weighted by Gasteiger charge is -2.33. The molecule has 0 bridgehead atoms. The van der Waals surface area contributed by atoms with Crippen molar-refractivity contribution in [1.82, 2.24) is 29.7 Å². The quantitative estimate of drug-likeness (QED) is 0.308. The highest BCUT2D eigenvalue weighted by atomic mass is 16.6. The molecule has 0 saturated carbocycles. The molecule has 2 N–H and O–H groups in total. The van der Waals surface area contributed by atoms with Gasteiger partial charge in [-0.1, -0.05) is 30.3 Å². The van der Waals surface area contributed by atoms with E-state index in [4.69, 9.17) is 9.72 Å². The van der Waals surface area contributed by atoms with E-state index in [1.54, 1.807) is 18.6 Å². The first-order chi connectivity index (χ1) is 20.1. The molecule has 0 unspecified atom stereocenters. The number of rotatable bonds is 7. The first-order valence-electron chi connectivity index (χ1n) is 14.2. The van der Waals surface area contributed by atoms with Gasteiger partial charge in [0.05, 0.1) is 5.69 Å². The number of nitrogens with zero attached hydrogens (tertiary/aromatic N) is 5. The molecule has 0 spiro atoms. The average molecular weight is 568 g/mol. The van der Waals surface area contributed by atoms with Crippen molar-refractivity contribution in [3.05, 3.63) is 90.3 Å². The molecule has 1 saturated heterocycles. The van der Waals surface area contributed by atoms with Crippen molar-refractivity contribution in [3.8, 4) is 16.9 Å². The summed E-state index contributed by atoms with van der Waals surface area (Å²) in [5, 5.41) is 5.96. The number of anilines is 1. The molecule has 1 fully saturated rings. The molecule has 1 aliphatic rings. The highest BCUT2D eigenvalue weighted by molar-refractivity contribution is 6.03. The Kier molecular flexibility index (Phi) is 8.63. The maximum absolute atomic E-state index is 13.3. The van der Waals surface area contributed by atoms with Crippen LogP contribution in [0.4, 0.5) is 10.6 Å². The number of aromatic nitrogens is 4. The Morgan fingerprint density at radius 1 is 1.05 bits per heavy atom. The summed E-state index contributed by atoms with van der Waals surface area (Å²) < 4.78 is 7.29. The Morgan fingerprint density at radius 2 is 1.86 bits per heavy atom. The number of pyridine rings is 2. The number of ether oxygens (including phenoxy) is 1. The van der Waals surface area contributed by atoms with Gasteiger partial charge in [-0.05, 0) is 88.0 Å². The number of amides is 2. The predicted octanol–water partition coefficient (Wildman–Crippen LogP) is 5.38. The van der Waals surface area contributed by atoms with E-state index in [2.05, 4.69) is 25.5 Å². The van der Waals surface area contributed by atoms with Crippen LogP contribution >= 0.6 is 0 Å². The van der Waals surface area contributed by atoms with Crippen LogP contribution in [0.1, 0.15) is 55.4 Å². The highest BCUT2D eigenvalue weighted by Gasteiger charge is 2.24. The molecule has 10 heteroatoms. The number of likely N-dealkylation sites (tertiary alicyclic amines) is 1. The highest BCUT2D eigenvalue weighted by Crippen LogP contribution is 2.22. The second kappa shape index (κ2) is 12.5. The first-order valence-corrected chi connectivity index (χ1v) is 14.2. The van der Waals surface area contributed by atoms with Crippen molar-refractivity contribution < 1.29 is 14.3 Å². The summed E-state index contributed by atoms with van der Waals surface area (Å²) in [4.78, 5) is 41.3. The Bertz CT molecular complexity index is 1550. The van der Waals surface area contributed by atoms with Crippen molar-refractivity contribution in [1.29, 1.82) is 0 Å². The minimum Gasteiger partial charge on any atom is -0.444 e. The molecular formula is C32H37N7O3. The molecule has 2 amide bonds. The normalized spacial score (nSPS) is 15.7. The minimum absolute atomic E-state index is 0.00616. The van der Waals surface area contributed by atoms with E-state index < -0.39 is 11.7 Å². The zero-order valence-electron chi connectivity index (χ0n) is 24.5. The van der Waals surface area contributed by atoms with E-state index in [0.29, 0.717) is 30.4 Å². The van der Waals surface area contributed by atoms with Gasteiger partial charge in [0.15, 0.2) is 0 Å². The van der Waals surface area contributed by atoms with Gasteiger partial charge < -0.3 is 15.4 Å². The number of carbonyl (C=O) groups excluding carboxylic acids is 2. The van der Waals surface area contributed by atoms with E-state index in [0.717, 1.165) is 41.8 Å². The molecule has 4 aromatic rings. The van der Waals surface area contributed by atoms with E-state index >= 15 is 0 Å². The van der Waals surface area contributed by atoms with Crippen LogP contribution in [0.5, 0.6) is 0 Å². The third kappa shape index (κ3) is 7.79. The van der Waals surface area contributed by atoms with Gasteiger partial charge in [-0.25, -0.2) is 14.8 Å². The summed E-state index contributed by atoms with van der Waals surface area (Å²) in [6, 6.07) is 17.4. The molecule has 0 aliphatic carbocycles. The number of imidazole rings is 1. The predicted molar refractivity (Wildman–Crippen MR) is 161 cm³/mol. The van der Waals surface area contributed by atoms with Gasteiger partial charge in [-0.3, -0.25) is 19.2 Å². The van der Waals surface area contributed by atoms with Gasteiger partial charge in [0, 0.05) is 31.5 Å². The van der Waals surface area contributed by atoms with Crippen LogP contribution in [0.25, 0.3) is 16.9 Å². The topological polar surface area (TPSA) is 114 Å². The van der Waals surface area contributed by atoms with Crippen LogP contribution in [0.15, 0.2) is 73.3 Å². The summed E-state index contributed by atoms with van der Waals surface area (Å²) in [5.41, 5.74) is 3.51. The zero-order chi connectivity index (χ0) is 29.7. The second-order valence-electron chi connectivity index (χ2n) is 11.6. The van der Waals surface area contributed by atoms with E-state index in [-0.39, 0.29) is 11.9 Å². The standard InChI is InChI=1S/C32H37N7O3/c1-22-18-39(21-34-22)29-16-23(19-38-14-8-11-26(20-38)35-31(41)42-32(2,3)4)15-28(36-29)37-30(40)27-17-25(12-13-33-27)24-9-6-5-7-10-24/h5-7,9-10,12-13,15-18,21,26H,8,11,14,19-20H2,1-4H3,(H,35,41)(H,36,37,40)/t26-/m0/s1. The summed E-state index contributed by atoms with van der Waals surface area (Å²) in [6.07, 6.45) is 6.68. The number of alkyl carbamates (subject to hydrolysis) is 1. The number of benzene rings is 1. The Hall–Kier alpha value is -4.57. The van der Waals surface area contributed by atoms with Crippen LogP contribution in [0.3, 0.4) is 0 Å². The largest absolute Gasteiger partial charge is 0.444 e. The molecule has 42 heavy (non-hydrogen) atoms. The van der Waals surface area contributed by atoms with Gasteiger partial charge >= 0.3 is 6.09 Å². The van der Waals surface area contributed by atoms with Crippen LogP contribution in [-0.2, 0) is 11.3 Å². The van der Waals surface area contributed by atoms with Gasteiger partial charge in [-0.15, -0.1) is 0 Å². The number of hydrogen-bond donors (Lipinski definition) is 2. The molecule has 4 heterocycles. The van der Waals surface area contributed by atoms with Crippen LogP contribution < -0.4 is 10.6 Å². The molecule has 1 atom stereocenters. The Balaban J connectivity index is 1.34. The fourth-order valence-corrected chi connectivity index (χ4v) is 5.00. The lowest BCUT2D eigenvalue weighted by molar-refractivity contribution is 0.0470. The molecular weight excluding hydrogens is 530 g/mol. The van der Waals surface area contributed by atoms with Gasteiger partial charge in [-0.2, -0.15) is 0 Å². The van der Waals surface area contributed by atoms with Crippen LogP contribution in [-0.4, -0.2) is 61.2 Å². The average Bonchev–Trinajstić information content (AvgIpc) is 3.39. The number of carbonyl (C=O) groups is 2. The molecule has 3 aromatic heterocycles. The molecule has 1 aromatic carbocycles. The van der Waals surface area contributed by atoms with E-state index in [1.807, 2.05) is 87.0 Å². The lowest BCUT2D eigenvalue weighted by atomic mass is 10.0. The molecule has 218 valence electrons. The second-order valence-corrected chi connectivity index (χ2v) is 11.6. The molecule has 0 radical (unpaired) electrons. The zero-order valence-corrected chi connectivity index (χ0v) is 24.5. The summed E-state index contributed by atoms with van der Waals surface area (Å²) in [6.45, 7) is 9.70. The van der Waals surface area contributed by atoms with Gasteiger partial charge in [0.25, 0.3) is 5.91 Å². The van der Waals surface area contributed by atoms with Gasteiger partial charge in [0.2, 0.25) is 0 Å².